The summed E-state index contributed by atoms with van der Waals surface area (Å²) in [4.78, 5) is 35.1. The molecule has 14 nitrogen and oxygen atoms in total. The molecule has 0 atom stereocenters. The van der Waals surface area contributed by atoms with E-state index in [1.54, 1.807) is 6.92 Å². The monoisotopic (exact) mass is 1190 g/mol. The molecule has 6 heterocycles. The highest BCUT2D eigenvalue weighted by Gasteiger charge is 2.52. The number of hydrogen-bond donors (Lipinski definition) is 0. The topological polar surface area (TPSA) is 153 Å². The summed E-state index contributed by atoms with van der Waals surface area (Å²) in [5, 5.41) is 26.6. The lowest BCUT2D eigenvalue weighted by molar-refractivity contribution is 0.636. The van der Waals surface area contributed by atoms with Crippen LogP contribution in [-0.2, 0) is 37.4 Å². The second kappa shape index (κ2) is 19.2. The summed E-state index contributed by atoms with van der Waals surface area (Å²) in [5.41, 5.74) is 26.4. The van der Waals surface area contributed by atoms with Gasteiger partial charge in [-0.25, -0.2) is 15.0 Å². The number of rotatable bonds is 0. The molecule has 0 aliphatic heterocycles. The standard InChI is InChI=1S/C33H30.C27H21N3.C18H3N11/c1-31(2)22-16-10-7-13-19(22)25-28(31)26-20-14-8-11-17-23(20)32(3,4)30(26)27-21-15-9-12-18-24(21)33(5,6)29(25)27;1-28-19-13-7-4-10-16(19)22-25(28)23-17-11-5-8-14-20(17)29(2)27(23)24-18-12-6-9-15-21(18)30(3)26(22)24;1-7-8(5-19)25-11-10(24-7)12-13(27-16(21-2)9(6-20)26-12)15-14(11)28-17(22-3)18(23-4)29-15/h7-18H,1-6H3;4-15H,1-3H3;1H3. The van der Waals surface area contributed by atoms with Crippen molar-refractivity contribution in [2.24, 2.45) is 21.1 Å². The smallest absolute Gasteiger partial charge is 0.307 e. The molecular weight excluding hydrogens is 1130 g/mol. The Hall–Kier alpha value is -12.1. The zero-order chi connectivity index (χ0) is 63.8. The minimum absolute atomic E-state index is 0.0383. The first-order valence-corrected chi connectivity index (χ1v) is 30.4. The van der Waals surface area contributed by atoms with Gasteiger partial charge in [0.05, 0.1) is 22.2 Å². The number of nitrogens with zero attached hydrogens (tertiary/aromatic N) is 14. The fourth-order valence-electron chi connectivity index (χ4n) is 16.1. The van der Waals surface area contributed by atoms with Crippen molar-refractivity contribution in [2.45, 2.75) is 64.7 Å². The molecule has 92 heavy (non-hydrogen) atoms. The number of hydrogen-bond acceptors (Lipinski definition) is 8. The van der Waals surface area contributed by atoms with Gasteiger partial charge < -0.3 is 28.2 Å². The van der Waals surface area contributed by atoms with Crippen LogP contribution in [0.5, 0.6) is 0 Å². The van der Waals surface area contributed by atoms with Crippen LogP contribution >= 0.6 is 0 Å². The zero-order valence-corrected chi connectivity index (χ0v) is 52.1. The van der Waals surface area contributed by atoms with Crippen LogP contribution in [0.1, 0.15) is 92.0 Å². The average molecular weight is 1190 g/mol. The van der Waals surface area contributed by atoms with E-state index < -0.39 is 0 Å². The Bertz CT molecular complexity index is 5670. The molecule has 18 rings (SSSR count). The number of benzene rings is 9. The number of para-hydroxylation sites is 3. The summed E-state index contributed by atoms with van der Waals surface area (Å²) in [6.45, 7) is 38.0. The van der Waals surface area contributed by atoms with Crippen molar-refractivity contribution in [3.63, 3.8) is 0 Å². The van der Waals surface area contributed by atoms with Gasteiger partial charge in [-0.1, -0.05) is 189 Å². The number of fused-ring (bicyclic) bond motifs is 30. The lowest BCUT2D eigenvalue weighted by Gasteiger charge is -2.31. The number of aryl methyl sites for hydroxylation is 4. The van der Waals surface area contributed by atoms with Gasteiger partial charge >= 0.3 is 5.82 Å². The third-order valence-electron chi connectivity index (χ3n) is 20.0. The van der Waals surface area contributed by atoms with E-state index in [1.165, 1.54) is 132 Å². The number of nitriles is 2. The Morgan fingerprint density at radius 1 is 0.370 bits per heavy atom. The van der Waals surface area contributed by atoms with Crippen molar-refractivity contribution >= 4 is 116 Å². The van der Waals surface area contributed by atoms with Crippen LogP contribution in [0.4, 0.5) is 17.5 Å². The van der Waals surface area contributed by atoms with Crippen molar-refractivity contribution in [3.8, 4) is 45.5 Å². The Morgan fingerprint density at radius 3 is 0.989 bits per heavy atom. The van der Waals surface area contributed by atoms with Crippen molar-refractivity contribution < 1.29 is 0 Å². The molecule has 0 bridgehead atoms. The van der Waals surface area contributed by atoms with Gasteiger partial charge in [-0.3, -0.25) is 0 Å². The molecule has 6 aromatic heterocycles. The Morgan fingerprint density at radius 2 is 0.652 bits per heavy atom. The highest BCUT2D eigenvalue weighted by molar-refractivity contribution is 6.39. The van der Waals surface area contributed by atoms with Gasteiger partial charge in [0.1, 0.15) is 28.7 Å². The maximum absolute atomic E-state index is 9.32. The van der Waals surface area contributed by atoms with Gasteiger partial charge in [0.15, 0.2) is 11.4 Å². The fraction of sp³-hybridized carbons (Fsp3) is 0.167. The molecule has 3 aliphatic carbocycles. The van der Waals surface area contributed by atoms with Gasteiger partial charge in [-0.05, 0) is 91.9 Å². The first-order valence-electron chi connectivity index (χ1n) is 30.4. The summed E-state index contributed by atoms with van der Waals surface area (Å²) in [6.07, 6.45) is 0. The number of aromatic nitrogens is 9. The first kappa shape index (κ1) is 55.2. The average Bonchev–Trinajstić information content (AvgIpc) is 1.50. The molecule has 14 heteroatoms. The molecule has 0 saturated heterocycles. The zero-order valence-electron chi connectivity index (χ0n) is 52.1. The van der Waals surface area contributed by atoms with Crippen molar-refractivity contribution in [1.82, 2.24) is 43.6 Å². The molecule has 0 radical (unpaired) electrons. The fourth-order valence-corrected chi connectivity index (χ4v) is 16.1. The Labute approximate surface area is 529 Å². The molecule has 436 valence electrons. The lowest BCUT2D eigenvalue weighted by Crippen LogP contribution is -2.22. The van der Waals surface area contributed by atoms with Crippen molar-refractivity contribution in [1.29, 1.82) is 10.5 Å². The van der Waals surface area contributed by atoms with E-state index in [4.69, 9.17) is 19.7 Å². The van der Waals surface area contributed by atoms with E-state index in [0.717, 1.165) is 0 Å². The summed E-state index contributed by atoms with van der Waals surface area (Å²) in [5.74, 6) is -0.718. The highest BCUT2D eigenvalue weighted by atomic mass is 15.0. The molecule has 0 unspecified atom stereocenters. The second-order valence-electron chi connectivity index (χ2n) is 25.7. The third-order valence-corrected chi connectivity index (χ3v) is 20.0. The molecule has 3 aliphatic rings. The van der Waals surface area contributed by atoms with E-state index >= 15 is 0 Å². The van der Waals surface area contributed by atoms with Crippen LogP contribution in [0.15, 0.2) is 146 Å². The highest BCUT2D eigenvalue weighted by Crippen LogP contribution is 2.67. The Kier molecular flexibility index (Phi) is 11.5. The predicted octanol–water partition coefficient (Wildman–Crippen LogP) is 18.4. The molecule has 9 aromatic carbocycles. The van der Waals surface area contributed by atoms with E-state index in [2.05, 4.69) is 266 Å². The van der Waals surface area contributed by atoms with Gasteiger partial charge in [-0.15, -0.1) is 15.0 Å². The summed E-state index contributed by atoms with van der Waals surface area (Å²) < 4.78 is 7.16. The maximum Gasteiger partial charge on any atom is 0.307 e. The van der Waals surface area contributed by atoms with E-state index in [0.29, 0.717) is 5.69 Å². The van der Waals surface area contributed by atoms with Gasteiger partial charge in [0.25, 0.3) is 17.2 Å². The van der Waals surface area contributed by atoms with Crippen LogP contribution in [0.3, 0.4) is 0 Å². The molecule has 0 N–H and O–H groups in total. The first-order chi connectivity index (χ1) is 44.4. The van der Waals surface area contributed by atoms with Crippen molar-refractivity contribution in [2.75, 3.05) is 0 Å². The van der Waals surface area contributed by atoms with Gasteiger partial charge in [0, 0.05) is 86.3 Å². The van der Waals surface area contributed by atoms with Gasteiger partial charge in [-0.2, -0.15) is 10.5 Å². The van der Waals surface area contributed by atoms with E-state index in [-0.39, 0.29) is 78.2 Å². The molecule has 0 spiro atoms. The third kappa shape index (κ3) is 7.02. The molecule has 0 fully saturated rings. The second-order valence-corrected chi connectivity index (χ2v) is 25.7. The largest absolute Gasteiger partial charge is 0.370 e. The van der Waals surface area contributed by atoms with E-state index in [1.807, 2.05) is 12.1 Å². The molecule has 15 aromatic rings. The summed E-state index contributed by atoms with van der Waals surface area (Å²) in [7, 11) is 6.63. The minimum Gasteiger partial charge on any atom is -0.370 e. The molecule has 0 saturated carbocycles. The SMILES string of the molecule is CC1(C)c2ccccc2-c2c1c1c(c3c2C(C)(C)c2ccccc2-3)C(C)(C)c2ccccc2-1.Cn1c2ccccc2c2c1c1c3ccccc3n(C)c1c1c3ccccc3n(C)c21.[C-]#[N+]c1nc2c(nc1C#N)c1nc(C)c(C#N)nc1c1nc([N+]#[C-])c([N+]#[C-])nc21. The van der Waals surface area contributed by atoms with Crippen LogP contribution < -0.4 is 0 Å². The van der Waals surface area contributed by atoms with Crippen LogP contribution in [-0.4, -0.2) is 43.6 Å². The van der Waals surface area contributed by atoms with E-state index in [9.17, 15) is 10.5 Å². The normalized spacial score (nSPS) is 14.0. The summed E-state index contributed by atoms with van der Waals surface area (Å²) >= 11 is 0. The maximum atomic E-state index is 9.32. The quantitative estimate of drug-likeness (QED) is 0.107. The van der Waals surface area contributed by atoms with Crippen LogP contribution in [0.2, 0.25) is 0 Å². The van der Waals surface area contributed by atoms with Gasteiger partial charge in [0.2, 0.25) is 11.0 Å². The lowest BCUT2D eigenvalue weighted by atomic mass is 9.71. The van der Waals surface area contributed by atoms with Crippen LogP contribution in [0.25, 0.3) is 146 Å². The van der Waals surface area contributed by atoms with Crippen LogP contribution in [0, 0.1) is 49.3 Å². The predicted molar refractivity (Wildman–Crippen MR) is 366 cm³/mol. The molecule has 0 amide bonds. The summed E-state index contributed by atoms with van der Waals surface area (Å²) in [6, 6.07) is 57.6. The van der Waals surface area contributed by atoms with Crippen molar-refractivity contribution in [3.05, 3.63) is 230 Å². The molecular formula is C78H54N14. The Balaban J connectivity index is 0.000000110. The minimum atomic E-state index is -0.246.